The van der Waals surface area contributed by atoms with Crippen LogP contribution >= 0.6 is 0 Å². The van der Waals surface area contributed by atoms with Crippen LogP contribution in [0.25, 0.3) is 0 Å². The number of carbonyl (C=O) groups excluding carboxylic acids is 2. The molecule has 0 aliphatic carbocycles. The first-order valence-electron chi connectivity index (χ1n) is 7.84. The first kappa shape index (κ1) is 17.5. The van der Waals surface area contributed by atoms with Crippen LogP contribution in [-0.2, 0) is 15.0 Å². The van der Waals surface area contributed by atoms with Crippen molar-refractivity contribution in [2.45, 2.75) is 18.8 Å². The summed E-state index contributed by atoms with van der Waals surface area (Å²) in [5, 5.41) is 2.77. The molecule has 2 aromatic rings. The van der Waals surface area contributed by atoms with Crippen molar-refractivity contribution in [1.82, 2.24) is 5.32 Å². The van der Waals surface area contributed by atoms with Crippen molar-refractivity contribution >= 4 is 11.7 Å². The van der Waals surface area contributed by atoms with Gasteiger partial charge in [0.05, 0.1) is 0 Å². The lowest BCUT2D eigenvalue weighted by Gasteiger charge is -2.34. The first-order valence-corrected chi connectivity index (χ1v) is 7.84. The van der Waals surface area contributed by atoms with Gasteiger partial charge in [-0.25, -0.2) is 0 Å². The van der Waals surface area contributed by atoms with Crippen molar-refractivity contribution in [1.29, 1.82) is 0 Å². The van der Waals surface area contributed by atoms with Crippen LogP contribution in [0.3, 0.4) is 0 Å². The van der Waals surface area contributed by atoms with E-state index >= 15 is 0 Å². The van der Waals surface area contributed by atoms with E-state index < -0.39 is 17.1 Å². The summed E-state index contributed by atoms with van der Waals surface area (Å²) in [6.07, 6.45) is 2.47. The largest absolute Gasteiger partial charge is 0.348 e. The predicted octanol–water partition coefficient (Wildman–Crippen LogP) is 3.41. The molecule has 0 spiro atoms. The summed E-state index contributed by atoms with van der Waals surface area (Å²) in [7, 11) is 0. The highest BCUT2D eigenvalue weighted by molar-refractivity contribution is 6.35. The number of ketones is 1. The van der Waals surface area contributed by atoms with Crippen molar-refractivity contribution in [3.63, 3.8) is 0 Å². The van der Waals surface area contributed by atoms with Crippen LogP contribution in [-0.4, -0.2) is 18.2 Å². The van der Waals surface area contributed by atoms with Crippen molar-refractivity contribution < 1.29 is 9.59 Å². The van der Waals surface area contributed by atoms with Gasteiger partial charge in [0, 0.05) is 18.9 Å². The number of allylic oxidation sites excluding steroid dienone is 1. The minimum Gasteiger partial charge on any atom is -0.348 e. The molecule has 2 rings (SSSR count). The van der Waals surface area contributed by atoms with Gasteiger partial charge in [-0.15, -0.1) is 5.73 Å². The predicted molar refractivity (Wildman–Crippen MR) is 95.7 cm³/mol. The zero-order valence-electron chi connectivity index (χ0n) is 13.8. The number of hydrogen-bond donors (Lipinski definition) is 1. The molecule has 24 heavy (non-hydrogen) atoms. The van der Waals surface area contributed by atoms with Gasteiger partial charge in [-0.2, -0.15) is 0 Å². The molecule has 0 aliphatic heterocycles. The fourth-order valence-corrected chi connectivity index (χ4v) is 2.80. The van der Waals surface area contributed by atoms with Crippen LogP contribution in [0.15, 0.2) is 79.0 Å². The Morgan fingerprint density at radius 2 is 1.54 bits per heavy atom. The van der Waals surface area contributed by atoms with E-state index in [9.17, 15) is 9.59 Å². The topological polar surface area (TPSA) is 46.2 Å². The number of carbonyl (C=O) groups is 2. The molecule has 0 heterocycles. The molecule has 0 saturated heterocycles. The summed E-state index contributed by atoms with van der Waals surface area (Å²) in [4.78, 5) is 23.1. The molecule has 1 amide bonds. The van der Waals surface area contributed by atoms with Crippen molar-refractivity contribution in [2.24, 2.45) is 0 Å². The Bertz CT molecular complexity index is 704. The highest BCUT2D eigenvalue weighted by atomic mass is 16.2. The second kappa shape index (κ2) is 8.09. The van der Waals surface area contributed by atoms with E-state index in [0.717, 1.165) is 11.1 Å². The molecular weight excluding hydrogens is 298 g/mol. The molecule has 0 saturated carbocycles. The van der Waals surface area contributed by atoms with E-state index in [2.05, 4.69) is 17.6 Å². The number of amides is 1. The Hall–Kier alpha value is -2.90. The highest BCUT2D eigenvalue weighted by Crippen LogP contribution is 2.35. The number of benzene rings is 2. The lowest BCUT2D eigenvalue weighted by molar-refractivity contribution is -0.136. The molecule has 0 bridgehead atoms. The monoisotopic (exact) mass is 319 g/mol. The first-order chi connectivity index (χ1) is 11.6. The number of rotatable bonds is 7. The highest BCUT2D eigenvalue weighted by Gasteiger charge is 2.34. The van der Waals surface area contributed by atoms with Gasteiger partial charge in [0.25, 0.3) is 5.91 Å². The van der Waals surface area contributed by atoms with E-state index in [4.69, 9.17) is 0 Å². The number of Topliss-reactive ketones (excluding diaryl/α,β-unsaturated/α-hetero) is 1. The maximum Gasteiger partial charge on any atom is 0.287 e. The smallest absolute Gasteiger partial charge is 0.287 e. The van der Waals surface area contributed by atoms with Gasteiger partial charge >= 0.3 is 0 Å². The van der Waals surface area contributed by atoms with Crippen LogP contribution < -0.4 is 5.32 Å². The standard InChI is InChI=1S/C21H21NO2/c1-3-4-15-21(16-22-20(24)17(2)23,18-11-7-5-8-12-18)19-13-9-6-10-14-19/h4-14H,1,15-16H2,2H3,(H,22,24). The summed E-state index contributed by atoms with van der Waals surface area (Å²) in [6.45, 7) is 5.24. The summed E-state index contributed by atoms with van der Waals surface area (Å²) in [5.41, 5.74) is 4.45. The van der Waals surface area contributed by atoms with Crippen LogP contribution in [0, 0.1) is 0 Å². The average Bonchev–Trinajstić information content (AvgIpc) is 2.63. The van der Waals surface area contributed by atoms with E-state index in [-0.39, 0.29) is 0 Å². The fraction of sp³-hybridized carbons (Fsp3) is 0.190. The minimum absolute atomic E-state index is 0.317. The van der Waals surface area contributed by atoms with E-state index in [1.165, 1.54) is 6.92 Å². The third-order valence-corrected chi connectivity index (χ3v) is 4.12. The third kappa shape index (κ3) is 3.89. The van der Waals surface area contributed by atoms with Gasteiger partial charge < -0.3 is 5.32 Å². The molecule has 122 valence electrons. The van der Waals surface area contributed by atoms with Crippen LogP contribution in [0.5, 0.6) is 0 Å². The van der Waals surface area contributed by atoms with Gasteiger partial charge in [0.15, 0.2) is 0 Å². The zero-order chi connectivity index (χ0) is 17.4. The maximum atomic E-state index is 11.8. The molecular formula is C21H21NO2. The summed E-state index contributed by atoms with van der Waals surface area (Å²) in [5.74, 6) is -1.07. The second-order valence-corrected chi connectivity index (χ2v) is 5.67. The normalized spacial score (nSPS) is 10.5. The Morgan fingerprint density at radius 3 is 1.96 bits per heavy atom. The van der Waals surface area contributed by atoms with Gasteiger partial charge in [-0.1, -0.05) is 67.2 Å². The van der Waals surface area contributed by atoms with Crippen molar-refractivity contribution in [3.05, 3.63) is 90.2 Å². The lowest BCUT2D eigenvalue weighted by atomic mass is 9.72. The van der Waals surface area contributed by atoms with Crippen molar-refractivity contribution in [2.75, 3.05) is 6.54 Å². The Morgan fingerprint density at radius 1 is 1.04 bits per heavy atom. The van der Waals surface area contributed by atoms with E-state index in [1.807, 2.05) is 66.7 Å². The summed E-state index contributed by atoms with van der Waals surface area (Å²) < 4.78 is 0. The van der Waals surface area contributed by atoms with Crippen LogP contribution in [0.4, 0.5) is 0 Å². The Kier molecular flexibility index (Phi) is 5.89. The minimum atomic E-state index is -0.575. The molecule has 0 fully saturated rings. The van der Waals surface area contributed by atoms with Gasteiger partial charge in [-0.05, 0) is 23.6 Å². The molecule has 3 nitrogen and oxygen atoms in total. The van der Waals surface area contributed by atoms with Gasteiger partial charge in [0.1, 0.15) is 0 Å². The average molecular weight is 319 g/mol. The Labute approximate surface area is 142 Å². The van der Waals surface area contributed by atoms with Crippen LogP contribution in [0.2, 0.25) is 0 Å². The Balaban J connectivity index is 2.53. The molecule has 2 aromatic carbocycles. The molecule has 1 N–H and O–H groups in total. The quantitative estimate of drug-likeness (QED) is 0.628. The van der Waals surface area contributed by atoms with Gasteiger partial charge in [-0.3, -0.25) is 9.59 Å². The fourth-order valence-electron chi connectivity index (χ4n) is 2.80. The van der Waals surface area contributed by atoms with Gasteiger partial charge in [0.2, 0.25) is 5.78 Å². The molecule has 0 unspecified atom stereocenters. The number of nitrogens with one attached hydrogen (secondary N) is 1. The zero-order valence-corrected chi connectivity index (χ0v) is 13.8. The van der Waals surface area contributed by atoms with Crippen LogP contribution in [0.1, 0.15) is 24.5 Å². The number of hydrogen-bond acceptors (Lipinski definition) is 2. The van der Waals surface area contributed by atoms with E-state index in [0.29, 0.717) is 13.0 Å². The summed E-state index contributed by atoms with van der Waals surface area (Å²) >= 11 is 0. The molecule has 0 aromatic heterocycles. The molecule has 0 radical (unpaired) electrons. The molecule has 0 atom stereocenters. The van der Waals surface area contributed by atoms with Crippen molar-refractivity contribution in [3.8, 4) is 0 Å². The third-order valence-electron chi connectivity index (χ3n) is 4.12. The lowest BCUT2D eigenvalue weighted by Crippen LogP contribution is -2.43. The molecule has 3 heteroatoms. The maximum absolute atomic E-state index is 11.8. The SMILES string of the molecule is C=C=CCC(CNC(=O)C(C)=O)(c1ccccc1)c1ccccc1. The second-order valence-electron chi connectivity index (χ2n) is 5.67. The summed E-state index contributed by atoms with van der Waals surface area (Å²) in [6, 6.07) is 19.9. The molecule has 0 aliphatic rings. The van der Waals surface area contributed by atoms with E-state index in [1.54, 1.807) is 0 Å².